The van der Waals surface area contributed by atoms with Crippen LogP contribution in [0.3, 0.4) is 0 Å². The molecule has 7 unspecified atom stereocenters. The van der Waals surface area contributed by atoms with Gasteiger partial charge in [-0.25, -0.2) is 4.21 Å². The van der Waals surface area contributed by atoms with E-state index in [0.717, 1.165) is 61.7 Å². The van der Waals surface area contributed by atoms with Crippen LogP contribution < -0.4 is 14.4 Å². The van der Waals surface area contributed by atoms with Crippen LogP contribution in [0.25, 0.3) is 0 Å². The number of nitrogens with zero attached hydrogens (tertiary/aromatic N) is 2. The number of hydrogen-bond acceptors (Lipinski definition) is 5. The van der Waals surface area contributed by atoms with Gasteiger partial charge in [0.15, 0.2) is 0 Å². The molecule has 7 nitrogen and oxygen atoms in total. The summed E-state index contributed by atoms with van der Waals surface area (Å²) < 4.78 is 22.5. The lowest BCUT2D eigenvalue weighted by molar-refractivity contribution is -0.130. The minimum Gasteiger partial charge on any atom is -0.491 e. The van der Waals surface area contributed by atoms with Crippen molar-refractivity contribution < 1.29 is 18.5 Å². The zero-order valence-electron chi connectivity index (χ0n) is 27.3. The summed E-state index contributed by atoms with van der Waals surface area (Å²) in [7, 11) is 2.10. The third-order valence-electron chi connectivity index (χ3n) is 10.1. The fourth-order valence-corrected chi connectivity index (χ4v) is 8.20. The van der Waals surface area contributed by atoms with Gasteiger partial charge in [0.1, 0.15) is 16.7 Å². The first-order chi connectivity index (χ1) is 21.5. The first kappa shape index (κ1) is 33.5. The Labute approximate surface area is 276 Å². The van der Waals surface area contributed by atoms with Gasteiger partial charge in [-0.2, -0.15) is 0 Å². The SMILES string of the molecule is CCCc1cc(Cl)ccc1C1COc2ccc3cc2N(C1)CC1CCC1C(CC(=O)N(C)C)/C=C/CC(C)C(C)S(=O)NC3=O. The molecule has 2 heterocycles. The van der Waals surface area contributed by atoms with E-state index in [1.54, 1.807) is 11.0 Å². The van der Waals surface area contributed by atoms with Crippen molar-refractivity contribution in [2.45, 2.75) is 70.5 Å². The Morgan fingerprint density at radius 3 is 2.64 bits per heavy atom. The molecule has 5 rings (SSSR count). The molecule has 2 bridgehead atoms. The second-order valence-corrected chi connectivity index (χ2v) is 15.4. The van der Waals surface area contributed by atoms with Crippen LogP contribution in [0.2, 0.25) is 5.02 Å². The van der Waals surface area contributed by atoms with E-state index in [1.165, 1.54) is 11.1 Å². The van der Waals surface area contributed by atoms with Crippen molar-refractivity contribution in [2.24, 2.45) is 23.7 Å². The number of benzene rings is 2. The maximum absolute atomic E-state index is 13.4. The van der Waals surface area contributed by atoms with Crippen LogP contribution in [0.1, 0.15) is 80.3 Å². The molecule has 2 aliphatic heterocycles. The summed E-state index contributed by atoms with van der Waals surface area (Å²) in [6.45, 7) is 8.22. The second-order valence-electron chi connectivity index (χ2n) is 13.4. The zero-order chi connectivity index (χ0) is 32.2. The predicted octanol–water partition coefficient (Wildman–Crippen LogP) is 6.77. The first-order valence-corrected chi connectivity index (χ1v) is 18.0. The number of hydrogen-bond donors (Lipinski definition) is 1. The second kappa shape index (κ2) is 14.7. The highest BCUT2D eigenvalue weighted by molar-refractivity contribution is 7.84. The van der Waals surface area contributed by atoms with Crippen LogP contribution >= 0.6 is 11.6 Å². The molecule has 244 valence electrons. The fourth-order valence-electron chi connectivity index (χ4n) is 6.98. The Kier molecular flexibility index (Phi) is 11.0. The van der Waals surface area contributed by atoms with Gasteiger partial charge in [0, 0.05) is 50.1 Å². The molecule has 0 spiro atoms. The molecule has 1 saturated carbocycles. The highest BCUT2D eigenvalue weighted by Crippen LogP contribution is 2.45. The molecule has 2 aromatic rings. The lowest BCUT2D eigenvalue weighted by Crippen LogP contribution is -2.43. The number of rotatable bonds is 5. The van der Waals surface area contributed by atoms with E-state index < -0.39 is 11.0 Å². The van der Waals surface area contributed by atoms with Crippen molar-refractivity contribution in [1.29, 1.82) is 0 Å². The Hall–Kier alpha value is -2.84. The van der Waals surface area contributed by atoms with Crippen molar-refractivity contribution in [2.75, 3.05) is 38.7 Å². The van der Waals surface area contributed by atoms with Gasteiger partial charge in [-0.05, 0) is 97.7 Å². The summed E-state index contributed by atoms with van der Waals surface area (Å²) in [5, 5.41) is 0.508. The lowest BCUT2D eigenvalue weighted by atomic mass is 9.65. The number of nitrogens with one attached hydrogen (secondary N) is 1. The molecule has 2 aromatic carbocycles. The minimum atomic E-state index is -1.55. The molecular weight excluding hydrogens is 606 g/mol. The van der Waals surface area contributed by atoms with Gasteiger partial charge in [-0.15, -0.1) is 0 Å². The van der Waals surface area contributed by atoms with E-state index in [9.17, 15) is 13.8 Å². The summed E-state index contributed by atoms with van der Waals surface area (Å²) in [6, 6.07) is 11.7. The molecule has 1 N–H and O–H groups in total. The average molecular weight is 654 g/mol. The molecule has 7 atom stereocenters. The van der Waals surface area contributed by atoms with E-state index in [0.29, 0.717) is 30.4 Å². The largest absolute Gasteiger partial charge is 0.491 e. The van der Waals surface area contributed by atoms with Gasteiger partial charge in [0.2, 0.25) is 5.91 Å². The Morgan fingerprint density at radius 1 is 1.13 bits per heavy atom. The number of anilines is 1. The highest BCUT2D eigenvalue weighted by Gasteiger charge is 2.39. The van der Waals surface area contributed by atoms with E-state index in [4.69, 9.17) is 16.3 Å². The average Bonchev–Trinajstić information content (AvgIpc) is 3.17. The van der Waals surface area contributed by atoms with Crippen LogP contribution in [0.4, 0.5) is 5.69 Å². The molecule has 1 fully saturated rings. The Morgan fingerprint density at radius 2 is 1.93 bits per heavy atom. The molecule has 1 aliphatic carbocycles. The van der Waals surface area contributed by atoms with Gasteiger partial charge in [-0.3, -0.25) is 14.3 Å². The molecule has 9 heteroatoms. The number of fused-ring (bicyclic) bond motifs is 2. The third kappa shape index (κ3) is 7.76. The molecule has 3 aliphatic rings. The smallest absolute Gasteiger partial charge is 0.263 e. The van der Waals surface area contributed by atoms with Gasteiger partial charge in [0.05, 0.1) is 17.5 Å². The van der Waals surface area contributed by atoms with Crippen LogP contribution in [0.5, 0.6) is 5.75 Å². The number of ether oxygens (including phenoxy) is 1. The van der Waals surface area contributed by atoms with Crippen molar-refractivity contribution >= 4 is 40.1 Å². The normalized spacial score (nSPS) is 29.3. The van der Waals surface area contributed by atoms with E-state index in [2.05, 4.69) is 47.8 Å². The van der Waals surface area contributed by atoms with Crippen LogP contribution in [0.15, 0.2) is 48.6 Å². The highest BCUT2D eigenvalue weighted by atomic mass is 35.5. The molecule has 0 aromatic heterocycles. The number of halogens is 1. The van der Waals surface area contributed by atoms with Crippen LogP contribution in [-0.4, -0.2) is 60.0 Å². The summed E-state index contributed by atoms with van der Waals surface area (Å²) in [5.74, 6) is 1.66. The summed E-state index contributed by atoms with van der Waals surface area (Å²) in [5.41, 5.74) is 3.86. The summed E-state index contributed by atoms with van der Waals surface area (Å²) in [6.07, 6.45) is 9.75. The topological polar surface area (TPSA) is 79.0 Å². The lowest BCUT2D eigenvalue weighted by Gasteiger charge is -2.44. The molecule has 45 heavy (non-hydrogen) atoms. The number of carbonyl (C=O) groups excluding carboxylic acids is 2. The number of allylic oxidation sites excluding steroid dienone is 2. The maximum Gasteiger partial charge on any atom is 0.263 e. The molecule has 0 saturated heterocycles. The van der Waals surface area contributed by atoms with Crippen molar-refractivity contribution in [1.82, 2.24) is 9.62 Å². The van der Waals surface area contributed by atoms with Gasteiger partial charge < -0.3 is 14.5 Å². The standard InChI is InChI=1S/C36H48ClN3O4S/c1-6-8-25-17-30(37)13-15-32(25)29-21-40-20-28-11-14-31(28)26(19-35(41)39(4)5)10-7-9-23(2)24(3)45(43)38-36(42)27-12-16-34(44-22-29)33(40)18-27/h7,10,12-13,15-18,23-24,26,28-29,31H,6,8-9,11,14,19-22H2,1-5H3,(H,38,42)/b10-7+. The van der Waals surface area contributed by atoms with Crippen molar-refractivity contribution in [3.8, 4) is 5.75 Å². The van der Waals surface area contributed by atoms with Crippen molar-refractivity contribution in [3.63, 3.8) is 0 Å². The fraction of sp³-hybridized carbons (Fsp3) is 0.556. The van der Waals surface area contributed by atoms with E-state index >= 15 is 0 Å². The quantitative estimate of drug-likeness (QED) is 0.360. The van der Waals surface area contributed by atoms with Crippen molar-refractivity contribution in [3.05, 3.63) is 70.3 Å². The van der Waals surface area contributed by atoms with Gasteiger partial charge in [0.25, 0.3) is 5.91 Å². The van der Waals surface area contributed by atoms with Crippen LogP contribution in [0, 0.1) is 23.7 Å². The first-order valence-electron chi connectivity index (χ1n) is 16.4. The number of aryl methyl sites for hydroxylation is 1. The van der Waals surface area contributed by atoms with Gasteiger partial charge >= 0.3 is 0 Å². The van der Waals surface area contributed by atoms with Crippen LogP contribution in [-0.2, 0) is 22.2 Å². The maximum atomic E-state index is 13.4. The monoisotopic (exact) mass is 653 g/mol. The third-order valence-corrected chi connectivity index (χ3v) is 11.9. The molecule has 0 radical (unpaired) electrons. The minimum absolute atomic E-state index is 0.0935. The summed E-state index contributed by atoms with van der Waals surface area (Å²) in [4.78, 5) is 30.4. The molecule has 2 amide bonds. The molecular formula is C36H48ClN3O4S. The Balaban J connectivity index is 1.54. The zero-order valence-corrected chi connectivity index (χ0v) is 28.8. The predicted molar refractivity (Wildman–Crippen MR) is 183 cm³/mol. The Bertz CT molecular complexity index is 1450. The number of carbonyl (C=O) groups is 2. The van der Waals surface area contributed by atoms with E-state index in [-0.39, 0.29) is 34.8 Å². The summed E-state index contributed by atoms with van der Waals surface area (Å²) >= 11 is 6.43. The van der Waals surface area contributed by atoms with E-state index in [1.807, 2.05) is 39.2 Å². The number of amides is 2. The van der Waals surface area contributed by atoms with Gasteiger partial charge in [-0.1, -0.05) is 50.1 Å².